The van der Waals surface area contributed by atoms with Crippen LogP contribution in [-0.2, 0) is 19.5 Å². The lowest BCUT2D eigenvalue weighted by Crippen LogP contribution is -2.45. The number of imidazole rings is 1. The summed E-state index contributed by atoms with van der Waals surface area (Å²) in [6, 6.07) is 7.73. The zero-order chi connectivity index (χ0) is 23.6. The summed E-state index contributed by atoms with van der Waals surface area (Å²) in [4.78, 5) is 16.5. The maximum Gasteiger partial charge on any atom is 0.222 e. The van der Waals surface area contributed by atoms with E-state index in [4.69, 9.17) is 9.47 Å². The first-order valence-corrected chi connectivity index (χ1v) is 12.1. The number of nitrogens with one attached hydrogen (secondary N) is 3. The lowest BCUT2D eigenvalue weighted by Gasteiger charge is -2.36. The van der Waals surface area contributed by atoms with Crippen LogP contribution in [0.1, 0.15) is 19.0 Å². The number of hydrogen-bond acceptors (Lipinski definition) is 8. The number of H-pyrrole nitrogens is 1. The summed E-state index contributed by atoms with van der Waals surface area (Å²) < 4.78 is 50.6. The summed E-state index contributed by atoms with van der Waals surface area (Å²) in [6.45, 7) is 2.59. The maximum atomic E-state index is 13.5. The zero-order valence-corrected chi connectivity index (χ0v) is 19.2. The van der Waals surface area contributed by atoms with Crippen LogP contribution in [0, 0.1) is 11.2 Å². The van der Waals surface area contributed by atoms with Crippen molar-refractivity contribution in [2.24, 2.45) is 5.41 Å². The third-order valence-corrected chi connectivity index (χ3v) is 5.79. The van der Waals surface area contributed by atoms with Crippen molar-refractivity contribution < 1.29 is 22.3 Å². The molecule has 4 rings (SSSR count). The lowest BCUT2D eigenvalue weighted by atomic mass is 9.92. The van der Waals surface area contributed by atoms with Crippen LogP contribution in [0.5, 0.6) is 0 Å². The van der Waals surface area contributed by atoms with E-state index in [2.05, 4.69) is 30.0 Å². The largest absolute Gasteiger partial charge is 0.357 e. The molecule has 10 nitrogen and oxygen atoms in total. The summed E-state index contributed by atoms with van der Waals surface area (Å²) >= 11 is 0. The Bertz CT molecular complexity index is 1220. The molecule has 1 aromatic carbocycles. The van der Waals surface area contributed by atoms with Gasteiger partial charge in [-0.15, -0.1) is 0 Å². The normalized spacial score (nSPS) is 21.2. The van der Waals surface area contributed by atoms with E-state index >= 15 is 0 Å². The van der Waals surface area contributed by atoms with Crippen LogP contribution in [0.4, 0.5) is 10.3 Å². The maximum absolute atomic E-state index is 13.5. The third kappa shape index (κ3) is 5.53. The summed E-state index contributed by atoms with van der Waals surface area (Å²) in [7, 11) is -1.60. The molecule has 0 radical (unpaired) electrons. The van der Waals surface area contributed by atoms with Crippen molar-refractivity contribution in [3.05, 3.63) is 48.2 Å². The van der Waals surface area contributed by atoms with Crippen molar-refractivity contribution in [1.29, 1.82) is 0 Å². The van der Waals surface area contributed by atoms with Gasteiger partial charge in [0.15, 0.2) is 5.82 Å². The van der Waals surface area contributed by atoms with E-state index in [1.54, 1.807) is 31.4 Å². The Morgan fingerprint density at radius 3 is 2.52 bits per heavy atom. The van der Waals surface area contributed by atoms with Crippen molar-refractivity contribution in [1.82, 2.24) is 24.7 Å². The molecule has 0 spiro atoms. The predicted molar refractivity (Wildman–Crippen MR) is 120 cm³/mol. The molecule has 0 bridgehead atoms. The van der Waals surface area contributed by atoms with Crippen molar-refractivity contribution in [3.63, 3.8) is 0 Å². The molecule has 3 N–H and O–H groups in total. The Labute approximate surface area is 191 Å². The molecule has 33 heavy (non-hydrogen) atoms. The SMILES string of the molecule is CNc1nccc(-c2[nH]c(C3OCC(C)(CNS(C)(=O)=O)CO3)nc2-c2ccc(F)cc2)n1. The molecule has 2 aromatic heterocycles. The first kappa shape index (κ1) is 23.2. The molecule has 1 fully saturated rings. The number of benzene rings is 1. The monoisotopic (exact) mass is 476 g/mol. The second-order valence-electron chi connectivity index (χ2n) is 8.23. The molecule has 3 aromatic rings. The fraction of sp³-hybridized carbons (Fsp3) is 0.381. The third-order valence-electron chi connectivity index (χ3n) is 5.13. The van der Waals surface area contributed by atoms with Crippen LogP contribution in [0.2, 0.25) is 0 Å². The Kier molecular flexibility index (Phi) is 6.43. The molecule has 12 heteroatoms. The molecule has 0 saturated carbocycles. The lowest BCUT2D eigenvalue weighted by molar-refractivity contribution is -0.231. The number of aromatic amines is 1. The van der Waals surface area contributed by atoms with Gasteiger partial charge in [0.05, 0.1) is 36.6 Å². The van der Waals surface area contributed by atoms with Crippen molar-refractivity contribution in [2.75, 3.05) is 38.4 Å². The Morgan fingerprint density at radius 2 is 1.88 bits per heavy atom. The molecule has 0 atom stereocenters. The van der Waals surface area contributed by atoms with Gasteiger partial charge in [0, 0.05) is 30.8 Å². The van der Waals surface area contributed by atoms with Gasteiger partial charge in [-0.25, -0.2) is 32.5 Å². The van der Waals surface area contributed by atoms with Gasteiger partial charge in [-0.3, -0.25) is 0 Å². The molecular weight excluding hydrogens is 451 g/mol. The van der Waals surface area contributed by atoms with Crippen LogP contribution >= 0.6 is 0 Å². The molecule has 3 heterocycles. The van der Waals surface area contributed by atoms with Crippen LogP contribution in [0.3, 0.4) is 0 Å². The van der Waals surface area contributed by atoms with E-state index in [1.165, 1.54) is 12.1 Å². The van der Waals surface area contributed by atoms with Gasteiger partial charge in [-0.1, -0.05) is 6.92 Å². The fourth-order valence-corrected chi connectivity index (χ4v) is 3.94. The molecule has 0 amide bonds. The van der Waals surface area contributed by atoms with Crippen molar-refractivity contribution in [2.45, 2.75) is 13.2 Å². The van der Waals surface area contributed by atoms with E-state index in [1.807, 2.05) is 6.92 Å². The average Bonchev–Trinajstić information content (AvgIpc) is 3.24. The zero-order valence-electron chi connectivity index (χ0n) is 18.4. The summed E-state index contributed by atoms with van der Waals surface area (Å²) in [5.74, 6) is 0.511. The highest BCUT2D eigenvalue weighted by Crippen LogP contribution is 2.35. The van der Waals surface area contributed by atoms with Crippen LogP contribution in [0.25, 0.3) is 22.6 Å². The number of ether oxygens (including phenoxy) is 2. The molecule has 1 saturated heterocycles. The summed E-state index contributed by atoms with van der Waals surface area (Å²) in [5, 5.41) is 2.90. The molecule has 0 aliphatic carbocycles. The van der Waals surface area contributed by atoms with Crippen LogP contribution < -0.4 is 10.0 Å². The van der Waals surface area contributed by atoms with Crippen LogP contribution in [-0.4, -0.2) is 61.4 Å². The van der Waals surface area contributed by atoms with Crippen LogP contribution in [0.15, 0.2) is 36.5 Å². The van der Waals surface area contributed by atoms with Gasteiger partial charge >= 0.3 is 0 Å². The number of anilines is 1. The molecule has 176 valence electrons. The van der Waals surface area contributed by atoms with Gasteiger partial charge in [0.2, 0.25) is 22.3 Å². The van der Waals surface area contributed by atoms with E-state index in [0.717, 1.165) is 6.26 Å². The standard InChI is InChI=1S/C21H25FN6O4S/c1-21(10-25-33(3,29)30)11-31-19(32-12-21)18-27-16(13-4-6-14(22)7-5-13)17(28-18)15-8-9-24-20(23-2)26-15/h4-9,19,25H,10-12H2,1-3H3,(H,27,28)(H,23,24,26). The number of aromatic nitrogens is 4. The second-order valence-corrected chi connectivity index (χ2v) is 10.1. The van der Waals surface area contributed by atoms with Gasteiger partial charge < -0.3 is 19.8 Å². The first-order chi connectivity index (χ1) is 15.7. The Balaban J connectivity index is 1.63. The number of hydrogen-bond donors (Lipinski definition) is 3. The topological polar surface area (TPSA) is 131 Å². The second kappa shape index (κ2) is 9.14. The number of sulfonamides is 1. The smallest absolute Gasteiger partial charge is 0.222 e. The van der Waals surface area contributed by atoms with E-state index in [-0.39, 0.29) is 25.6 Å². The minimum absolute atomic E-state index is 0.191. The number of nitrogens with zero attached hydrogens (tertiary/aromatic N) is 3. The summed E-state index contributed by atoms with van der Waals surface area (Å²) in [6.07, 6.45) is 1.95. The molecule has 1 aliphatic heterocycles. The number of halogens is 1. The van der Waals surface area contributed by atoms with Gasteiger partial charge in [-0.05, 0) is 30.3 Å². The van der Waals surface area contributed by atoms with Gasteiger partial charge in [0.25, 0.3) is 0 Å². The van der Waals surface area contributed by atoms with Gasteiger partial charge in [0.1, 0.15) is 5.82 Å². The fourth-order valence-electron chi connectivity index (χ4n) is 3.33. The first-order valence-electron chi connectivity index (χ1n) is 10.2. The van der Waals surface area contributed by atoms with Crippen molar-refractivity contribution in [3.8, 4) is 22.6 Å². The van der Waals surface area contributed by atoms with Crippen molar-refractivity contribution >= 4 is 16.0 Å². The quantitative estimate of drug-likeness (QED) is 0.474. The molecular formula is C21H25FN6O4S. The average molecular weight is 477 g/mol. The minimum atomic E-state index is -3.32. The van der Waals surface area contributed by atoms with E-state index in [0.29, 0.717) is 34.4 Å². The van der Waals surface area contributed by atoms with E-state index < -0.39 is 21.7 Å². The summed E-state index contributed by atoms with van der Waals surface area (Å²) in [5.41, 5.74) is 1.92. The molecule has 1 aliphatic rings. The predicted octanol–water partition coefficient (Wildman–Crippen LogP) is 2.32. The highest BCUT2D eigenvalue weighted by atomic mass is 32.2. The highest BCUT2D eigenvalue weighted by Gasteiger charge is 2.35. The Hall–Kier alpha value is -2.93. The van der Waals surface area contributed by atoms with Gasteiger partial charge in [-0.2, -0.15) is 0 Å². The minimum Gasteiger partial charge on any atom is -0.357 e. The Morgan fingerprint density at radius 1 is 1.18 bits per heavy atom. The van der Waals surface area contributed by atoms with E-state index in [9.17, 15) is 12.8 Å². The molecule has 0 unspecified atom stereocenters. The highest BCUT2D eigenvalue weighted by molar-refractivity contribution is 7.88. The number of rotatable bonds is 7.